The standard InChI is InChI=1S/C14H20N2O/c15-7-8-17-13-4-1-3-12(9-13)16-10-14(11-16)5-2-6-14/h1,3-4,9H,2,5-8,10-11,15H2. The Morgan fingerprint density at radius 2 is 2.12 bits per heavy atom. The molecule has 1 saturated heterocycles. The number of hydrogen-bond acceptors (Lipinski definition) is 3. The summed E-state index contributed by atoms with van der Waals surface area (Å²) in [5, 5.41) is 0. The van der Waals surface area contributed by atoms with Gasteiger partial charge in [0, 0.05) is 36.8 Å². The molecule has 0 bridgehead atoms. The Morgan fingerprint density at radius 1 is 1.29 bits per heavy atom. The van der Waals surface area contributed by atoms with Crippen molar-refractivity contribution >= 4 is 5.69 Å². The minimum atomic E-state index is 0.567. The molecule has 1 spiro atoms. The van der Waals surface area contributed by atoms with E-state index in [4.69, 9.17) is 10.5 Å². The second kappa shape index (κ2) is 4.22. The van der Waals surface area contributed by atoms with Gasteiger partial charge < -0.3 is 15.4 Å². The Kier molecular flexibility index (Phi) is 2.71. The number of benzene rings is 1. The number of nitrogens with zero attached hydrogens (tertiary/aromatic N) is 1. The number of ether oxygens (including phenoxy) is 1. The Balaban J connectivity index is 1.63. The Hall–Kier alpha value is -1.22. The highest BCUT2D eigenvalue weighted by atomic mass is 16.5. The van der Waals surface area contributed by atoms with Gasteiger partial charge in [-0.05, 0) is 25.0 Å². The molecule has 0 atom stereocenters. The summed E-state index contributed by atoms with van der Waals surface area (Å²) in [6, 6.07) is 8.35. The summed E-state index contributed by atoms with van der Waals surface area (Å²) in [5.74, 6) is 0.933. The van der Waals surface area contributed by atoms with Crippen LogP contribution in [-0.2, 0) is 0 Å². The fourth-order valence-electron chi connectivity index (χ4n) is 2.89. The summed E-state index contributed by atoms with van der Waals surface area (Å²) in [7, 11) is 0. The first-order valence-electron chi connectivity index (χ1n) is 6.49. The van der Waals surface area contributed by atoms with Crippen LogP contribution >= 0.6 is 0 Å². The molecule has 0 radical (unpaired) electrons. The molecule has 0 unspecified atom stereocenters. The number of rotatable bonds is 4. The third-order valence-corrected chi connectivity index (χ3v) is 4.04. The Labute approximate surface area is 103 Å². The highest BCUT2D eigenvalue weighted by Gasteiger charge is 2.47. The molecule has 2 aliphatic rings. The number of hydrogen-bond donors (Lipinski definition) is 1. The molecule has 1 aliphatic carbocycles. The van der Waals surface area contributed by atoms with Crippen molar-refractivity contribution in [3.8, 4) is 5.75 Å². The molecule has 3 rings (SSSR count). The minimum absolute atomic E-state index is 0.567. The molecule has 0 aromatic heterocycles. The molecule has 1 heterocycles. The second-order valence-electron chi connectivity index (χ2n) is 5.34. The van der Waals surface area contributed by atoms with Crippen LogP contribution in [-0.4, -0.2) is 26.2 Å². The molecule has 2 N–H and O–H groups in total. The summed E-state index contributed by atoms with van der Waals surface area (Å²) < 4.78 is 5.56. The van der Waals surface area contributed by atoms with Gasteiger partial charge in [0.1, 0.15) is 12.4 Å². The van der Waals surface area contributed by atoms with E-state index in [9.17, 15) is 0 Å². The molecule has 2 fully saturated rings. The van der Waals surface area contributed by atoms with Crippen LogP contribution in [0.25, 0.3) is 0 Å². The smallest absolute Gasteiger partial charge is 0.121 e. The van der Waals surface area contributed by atoms with Crippen molar-refractivity contribution < 1.29 is 4.74 Å². The van der Waals surface area contributed by atoms with E-state index in [1.807, 2.05) is 6.07 Å². The van der Waals surface area contributed by atoms with E-state index in [-0.39, 0.29) is 0 Å². The first-order chi connectivity index (χ1) is 8.31. The van der Waals surface area contributed by atoms with Crippen molar-refractivity contribution in [2.24, 2.45) is 11.1 Å². The minimum Gasteiger partial charge on any atom is -0.492 e. The van der Waals surface area contributed by atoms with Gasteiger partial charge in [-0.1, -0.05) is 12.5 Å². The molecular weight excluding hydrogens is 212 g/mol. The zero-order chi connectivity index (χ0) is 11.7. The van der Waals surface area contributed by atoms with Crippen LogP contribution in [0.2, 0.25) is 0 Å². The third kappa shape index (κ3) is 2.00. The molecule has 1 aromatic carbocycles. The lowest BCUT2D eigenvalue weighted by Gasteiger charge is -2.57. The first-order valence-corrected chi connectivity index (χ1v) is 6.49. The van der Waals surface area contributed by atoms with E-state index in [1.165, 1.54) is 38.0 Å². The first kappa shape index (κ1) is 10.9. The molecule has 3 nitrogen and oxygen atoms in total. The van der Waals surface area contributed by atoms with Crippen molar-refractivity contribution in [3.05, 3.63) is 24.3 Å². The molecular formula is C14H20N2O. The zero-order valence-corrected chi connectivity index (χ0v) is 10.2. The Bertz CT molecular complexity index is 393. The third-order valence-electron chi connectivity index (χ3n) is 4.04. The molecule has 1 saturated carbocycles. The average Bonchev–Trinajstić information content (AvgIpc) is 2.23. The molecule has 92 valence electrons. The number of anilines is 1. The second-order valence-corrected chi connectivity index (χ2v) is 5.34. The largest absolute Gasteiger partial charge is 0.492 e. The topological polar surface area (TPSA) is 38.5 Å². The van der Waals surface area contributed by atoms with Crippen LogP contribution in [0, 0.1) is 5.41 Å². The fraction of sp³-hybridized carbons (Fsp3) is 0.571. The van der Waals surface area contributed by atoms with Gasteiger partial charge in [0.2, 0.25) is 0 Å². The van der Waals surface area contributed by atoms with E-state index >= 15 is 0 Å². The van der Waals surface area contributed by atoms with Crippen molar-refractivity contribution in [2.45, 2.75) is 19.3 Å². The SMILES string of the molecule is NCCOc1cccc(N2CC3(CCC3)C2)c1. The average molecular weight is 232 g/mol. The maximum absolute atomic E-state index is 5.56. The number of nitrogens with two attached hydrogens (primary N) is 1. The van der Waals surface area contributed by atoms with E-state index < -0.39 is 0 Å². The van der Waals surface area contributed by atoms with Gasteiger partial charge in [-0.25, -0.2) is 0 Å². The molecule has 1 aliphatic heterocycles. The maximum atomic E-state index is 5.56. The zero-order valence-electron chi connectivity index (χ0n) is 10.2. The van der Waals surface area contributed by atoms with Crippen LogP contribution in [0.4, 0.5) is 5.69 Å². The van der Waals surface area contributed by atoms with Crippen LogP contribution in [0.3, 0.4) is 0 Å². The van der Waals surface area contributed by atoms with E-state index in [0.717, 1.165) is 5.75 Å². The van der Waals surface area contributed by atoms with Gasteiger partial charge in [-0.2, -0.15) is 0 Å². The summed E-state index contributed by atoms with van der Waals surface area (Å²) in [6.07, 6.45) is 4.27. The van der Waals surface area contributed by atoms with E-state index in [1.54, 1.807) is 0 Å². The highest BCUT2D eigenvalue weighted by molar-refractivity contribution is 5.53. The lowest BCUT2D eigenvalue weighted by Crippen LogP contribution is -2.59. The van der Waals surface area contributed by atoms with Crippen LogP contribution in [0.5, 0.6) is 5.75 Å². The summed E-state index contributed by atoms with van der Waals surface area (Å²) >= 11 is 0. The fourth-order valence-corrected chi connectivity index (χ4v) is 2.89. The maximum Gasteiger partial charge on any atom is 0.121 e. The molecule has 0 amide bonds. The van der Waals surface area contributed by atoms with Crippen molar-refractivity contribution in [2.75, 3.05) is 31.1 Å². The lowest BCUT2D eigenvalue weighted by atomic mass is 9.63. The van der Waals surface area contributed by atoms with Crippen molar-refractivity contribution in [1.29, 1.82) is 0 Å². The van der Waals surface area contributed by atoms with Crippen LogP contribution < -0.4 is 15.4 Å². The van der Waals surface area contributed by atoms with Crippen LogP contribution in [0.1, 0.15) is 19.3 Å². The Morgan fingerprint density at radius 3 is 2.76 bits per heavy atom. The normalized spacial score (nSPS) is 20.9. The molecule has 1 aromatic rings. The van der Waals surface area contributed by atoms with E-state index in [2.05, 4.69) is 23.1 Å². The highest BCUT2D eigenvalue weighted by Crippen LogP contribution is 2.49. The van der Waals surface area contributed by atoms with Gasteiger partial charge in [0.05, 0.1) is 0 Å². The molecule has 3 heteroatoms. The summed E-state index contributed by atoms with van der Waals surface area (Å²) in [6.45, 7) is 3.62. The summed E-state index contributed by atoms with van der Waals surface area (Å²) in [4.78, 5) is 2.45. The lowest BCUT2D eigenvalue weighted by molar-refractivity contribution is 0.0903. The van der Waals surface area contributed by atoms with Gasteiger partial charge in [-0.3, -0.25) is 0 Å². The predicted molar refractivity (Wildman–Crippen MR) is 69.5 cm³/mol. The van der Waals surface area contributed by atoms with Gasteiger partial charge in [0.15, 0.2) is 0 Å². The predicted octanol–water partition coefficient (Wildman–Crippen LogP) is 2.01. The van der Waals surface area contributed by atoms with Crippen LogP contribution in [0.15, 0.2) is 24.3 Å². The van der Waals surface area contributed by atoms with E-state index in [0.29, 0.717) is 18.6 Å². The monoisotopic (exact) mass is 232 g/mol. The summed E-state index contributed by atoms with van der Waals surface area (Å²) in [5.41, 5.74) is 7.40. The van der Waals surface area contributed by atoms with Gasteiger partial charge in [0.25, 0.3) is 0 Å². The quantitative estimate of drug-likeness (QED) is 0.863. The van der Waals surface area contributed by atoms with Crippen molar-refractivity contribution in [3.63, 3.8) is 0 Å². The van der Waals surface area contributed by atoms with Gasteiger partial charge in [-0.15, -0.1) is 0 Å². The molecule has 17 heavy (non-hydrogen) atoms. The van der Waals surface area contributed by atoms with Crippen molar-refractivity contribution in [1.82, 2.24) is 0 Å². The van der Waals surface area contributed by atoms with Gasteiger partial charge >= 0.3 is 0 Å².